The average molecular weight is 286 g/mol. The minimum Gasteiger partial charge on any atom is -0.370 e. The molecule has 110 valence electrons. The van der Waals surface area contributed by atoms with Gasteiger partial charge in [0.25, 0.3) is 5.91 Å². The van der Waals surface area contributed by atoms with Crippen LogP contribution in [0, 0.1) is 13.8 Å². The fraction of sp³-hybridized carbons (Fsp3) is 0.400. The Morgan fingerprint density at radius 3 is 3.00 bits per heavy atom. The predicted octanol–water partition coefficient (Wildman–Crippen LogP) is 1.68. The van der Waals surface area contributed by atoms with Crippen molar-refractivity contribution in [3.63, 3.8) is 0 Å². The van der Waals surface area contributed by atoms with Crippen LogP contribution in [0.15, 0.2) is 24.5 Å². The standard InChI is InChI=1S/C15H18N4O2/c1-9-7-13(16-8-10(9)2)15(20)18-11-4-6-21-14(11)12-3-5-17-19-12/h3,5,7-8,11,14H,4,6H2,1-2H3,(H,17,19)(H,18,20)/t11-,14-/m1/s1. The fourth-order valence-electron chi connectivity index (χ4n) is 2.46. The van der Waals surface area contributed by atoms with Gasteiger partial charge in [-0.1, -0.05) is 0 Å². The lowest BCUT2D eigenvalue weighted by Crippen LogP contribution is -2.37. The number of aryl methyl sites for hydroxylation is 2. The van der Waals surface area contributed by atoms with E-state index in [9.17, 15) is 4.79 Å². The SMILES string of the molecule is Cc1cnc(C(=O)N[C@@H]2CCO[C@H]2c2ccn[nH]2)cc1C. The summed E-state index contributed by atoms with van der Waals surface area (Å²) in [5.41, 5.74) is 3.45. The second kappa shape index (κ2) is 5.65. The lowest BCUT2D eigenvalue weighted by molar-refractivity contribution is 0.0804. The largest absolute Gasteiger partial charge is 0.370 e. The van der Waals surface area contributed by atoms with E-state index in [-0.39, 0.29) is 18.1 Å². The minimum atomic E-state index is -0.178. The molecule has 0 aromatic carbocycles. The van der Waals surface area contributed by atoms with Gasteiger partial charge >= 0.3 is 0 Å². The van der Waals surface area contributed by atoms with Gasteiger partial charge in [-0.25, -0.2) is 0 Å². The van der Waals surface area contributed by atoms with Crippen LogP contribution in [-0.4, -0.2) is 33.7 Å². The average Bonchev–Trinajstić information content (AvgIpc) is 3.12. The molecule has 0 radical (unpaired) electrons. The van der Waals surface area contributed by atoms with Crippen molar-refractivity contribution >= 4 is 5.91 Å². The number of amides is 1. The molecule has 1 fully saturated rings. The zero-order chi connectivity index (χ0) is 14.8. The first-order valence-electron chi connectivity index (χ1n) is 7.00. The van der Waals surface area contributed by atoms with Gasteiger partial charge in [-0.2, -0.15) is 5.10 Å². The number of hydrogen-bond acceptors (Lipinski definition) is 4. The molecule has 6 nitrogen and oxygen atoms in total. The molecule has 1 saturated heterocycles. The molecule has 21 heavy (non-hydrogen) atoms. The predicted molar refractivity (Wildman–Crippen MR) is 76.9 cm³/mol. The Morgan fingerprint density at radius 1 is 1.43 bits per heavy atom. The number of rotatable bonds is 3. The van der Waals surface area contributed by atoms with E-state index in [1.54, 1.807) is 12.4 Å². The van der Waals surface area contributed by atoms with Crippen LogP contribution >= 0.6 is 0 Å². The summed E-state index contributed by atoms with van der Waals surface area (Å²) < 4.78 is 5.68. The Kier molecular flexibility index (Phi) is 3.70. The molecular weight excluding hydrogens is 268 g/mol. The van der Waals surface area contributed by atoms with E-state index in [1.165, 1.54) is 0 Å². The van der Waals surface area contributed by atoms with Crippen LogP contribution in [0.2, 0.25) is 0 Å². The monoisotopic (exact) mass is 286 g/mol. The van der Waals surface area contributed by atoms with E-state index in [0.717, 1.165) is 23.2 Å². The summed E-state index contributed by atoms with van der Waals surface area (Å²) in [4.78, 5) is 16.5. The molecule has 1 aliphatic rings. The van der Waals surface area contributed by atoms with E-state index in [4.69, 9.17) is 4.74 Å². The van der Waals surface area contributed by atoms with Gasteiger partial charge in [0.1, 0.15) is 11.8 Å². The molecule has 6 heteroatoms. The molecule has 1 amide bonds. The smallest absolute Gasteiger partial charge is 0.270 e. The molecule has 3 rings (SSSR count). The van der Waals surface area contributed by atoms with Crippen LogP contribution in [0.5, 0.6) is 0 Å². The first-order chi connectivity index (χ1) is 10.1. The maximum absolute atomic E-state index is 12.3. The number of aromatic amines is 1. The summed E-state index contributed by atoms with van der Waals surface area (Å²) >= 11 is 0. The number of pyridine rings is 1. The Hall–Kier alpha value is -2.21. The number of ether oxygens (including phenoxy) is 1. The van der Waals surface area contributed by atoms with Gasteiger partial charge in [0.2, 0.25) is 0 Å². The van der Waals surface area contributed by atoms with E-state index in [2.05, 4.69) is 20.5 Å². The number of carbonyl (C=O) groups excluding carboxylic acids is 1. The molecule has 0 aliphatic carbocycles. The van der Waals surface area contributed by atoms with Crippen molar-refractivity contribution in [2.24, 2.45) is 0 Å². The van der Waals surface area contributed by atoms with Crippen LogP contribution < -0.4 is 5.32 Å². The zero-order valence-corrected chi connectivity index (χ0v) is 12.1. The minimum absolute atomic E-state index is 0.0682. The zero-order valence-electron chi connectivity index (χ0n) is 12.1. The highest BCUT2D eigenvalue weighted by Gasteiger charge is 2.32. The summed E-state index contributed by atoms with van der Waals surface area (Å²) in [5.74, 6) is -0.168. The second-order valence-electron chi connectivity index (χ2n) is 5.33. The Labute approximate surface area is 122 Å². The maximum atomic E-state index is 12.3. The number of hydrogen-bond donors (Lipinski definition) is 2. The molecule has 1 aliphatic heterocycles. The summed E-state index contributed by atoms with van der Waals surface area (Å²) in [6, 6.07) is 3.61. The van der Waals surface area contributed by atoms with Crippen LogP contribution in [-0.2, 0) is 4.74 Å². The van der Waals surface area contributed by atoms with E-state index >= 15 is 0 Å². The van der Waals surface area contributed by atoms with Crippen molar-refractivity contribution in [2.75, 3.05) is 6.61 Å². The second-order valence-corrected chi connectivity index (χ2v) is 5.33. The number of carbonyl (C=O) groups is 1. The normalized spacial score (nSPS) is 21.4. The number of nitrogens with one attached hydrogen (secondary N) is 2. The Morgan fingerprint density at radius 2 is 2.29 bits per heavy atom. The van der Waals surface area contributed by atoms with Crippen LogP contribution in [0.3, 0.4) is 0 Å². The molecule has 2 N–H and O–H groups in total. The van der Waals surface area contributed by atoms with Crippen LogP contribution in [0.4, 0.5) is 0 Å². The maximum Gasteiger partial charge on any atom is 0.270 e. The highest BCUT2D eigenvalue weighted by Crippen LogP contribution is 2.27. The molecule has 2 atom stereocenters. The third-order valence-corrected chi connectivity index (χ3v) is 3.84. The molecule has 2 aromatic rings. The van der Waals surface area contributed by atoms with Crippen molar-refractivity contribution < 1.29 is 9.53 Å². The Bertz CT molecular complexity index is 639. The fourth-order valence-corrected chi connectivity index (χ4v) is 2.46. The first kappa shape index (κ1) is 13.8. The number of aromatic nitrogens is 3. The highest BCUT2D eigenvalue weighted by atomic mass is 16.5. The van der Waals surface area contributed by atoms with Gasteiger partial charge in [0.05, 0.1) is 11.7 Å². The van der Waals surface area contributed by atoms with Crippen LogP contribution in [0.1, 0.15) is 39.8 Å². The van der Waals surface area contributed by atoms with E-state index in [0.29, 0.717) is 12.3 Å². The molecule has 0 unspecified atom stereocenters. The van der Waals surface area contributed by atoms with Gasteiger partial charge in [-0.3, -0.25) is 14.9 Å². The third kappa shape index (κ3) is 2.80. The van der Waals surface area contributed by atoms with Gasteiger partial charge in [-0.15, -0.1) is 0 Å². The van der Waals surface area contributed by atoms with Crippen molar-refractivity contribution in [3.05, 3.63) is 47.0 Å². The molecule has 2 aromatic heterocycles. The number of H-pyrrole nitrogens is 1. The molecule has 3 heterocycles. The van der Waals surface area contributed by atoms with Crippen molar-refractivity contribution in [1.29, 1.82) is 0 Å². The third-order valence-electron chi connectivity index (χ3n) is 3.84. The summed E-state index contributed by atoms with van der Waals surface area (Å²) in [6.45, 7) is 4.57. The van der Waals surface area contributed by atoms with Gasteiger partial charge < -0.3 is 10.1 Å². The molecular formula is C15H18N4O2. The van der Waals surface area contributed by atoms with Gasteiger partial charge in [0, 0.05) is 19.0 Å². The first-order valence-corrected chi connectivity index (χ1v) is 7.00. The van der Waals surface area contributed by atoms with E-state index < -0.39 is 0 Å². The summed E-state index contributed by atoms with van der Waals surface area (Å²) in [6.07, 6.45) is 4.01. The topological polar surface area (TPSA) is 79.9 Å². The van der Waals surface area contributed by atoms with Gasteiger partial charge in [-0.05, 0) is 43.5 Å². The van der Waals surface area contributed by atoms with Crippen molar-refractivity contribution in [1.82, 2.24) is 20.5 Å². The van der Waals surface area contributed by atoms with Gasteiger partial charge in [0.15, 0.2) is 0 Å². The summed E-state index contributed by atoms with van der Waals surface area (Å²) in [7, 11) is 0. The highest BCUT2D eigenvalue weighted by molar-refractivity contribution is 5.92. The number of nitrogens with zero attached hydrogens (tertiary/aromatic N) is 2. The van der Waals surface area contributed by atoms with Crippen molar-refractivity contribution in [2.45, 2.75) is 32.4 Å². The molecule has 0 bridgehead atoms. The van der Waals surface area contributed by atoms with Crippen molar-refractivity contribution in [3.8, 4) is 0 Å². The lowest BCUT2D eigenvalue weighted by Gasteiger charge is -2.18. The summed E-state index contributed by atoms with van der Waals surface area (Å²) in [5, 5.41) is 9.83. The Balaban J connectivity index is 1.73. The lowest BCUT2D eigenvalue weighted by atomic mass is 10.1. The van der Waals surface area contributed by atoms with E-state index in [1.807, 2.05) is 26.0 Å². The molecule has 0 spiro atoms. The molecule has 0 saturated carbocycles. The quantitative estimate of drug-likeness (QED) is 0.899. The van der Waals surface area contributed by atoms with Crippen LogP contribution in [0.25, 0.3) is 0 Å².